The molecule has 3 heterocycles. The van der Waals surface area contributed by atoms with Gasteiger partial charge in [0, 0.05) is 52.6 Å². The molecule has 0 radical (unpaired) electrons. The molecule has 4 N–H and O–H groups in total. The van der Waals surface area contributed by atoms with Gasteiger partial charge in [-0.25, -0.2) is 4.79 Å². The van der Waals surface area contributed by atoms with E-state index in [1.54, 1.807) is 41.3 Å². The Hall–Kier alpha value is -2.68. The van der Waals surface area contributed by atoms with Crippen molar-refractivity contribution in [3.63, 3.8) is 0 Å². The summed E-state index contributed by atoms with van der Waals surface area (Å²) in [5, 5.41) is 48.4. The van der Waals surface area contributed by atoms with Crippen molar-refractivity contribution in [2.45, 2.75) is 209 Å². The molecule has 20 atom stereocenters. The van der Waals surface area contributed by atoms with Crippen LogP contribution in [0.15, 0.2) is 48.1 Å². The van der Waals surface area contributed by atoms with Crippen LogP contribution in [-0.2, 0) is 57.0 Å². The number of aliphatic hydroxyl groups excluding tert-OH is 1. The molecular formula is C51H74O16. The largest absolute Gasteiger partial charge is 0.458 e. The molecule has 7 aliphatic rings. The van der Waals surface area contributed by atoms with Gasteiger partial charge < -0.3 is 67.8 Å². The van der Waals surface area contributed by atoms with Crippen LogP contribution in [0.1, 0.15) is 111 Å². The maximum absolute atomic E-state index is 13.6. The van der Waals surface area contributed by atoms with E-state index < -0.39 is 113 Å². The van der Waals surface area contributed by atoms with Crippen LogP contribution in [0, 0.1) is 16.7 Å². The van der Waals surface area contributed by atoms with Gasteiger partial charge in [0.05, 0.1) is 48.1 Å². The van der Waals surface area contributed by atoms with Gasteiger partial charge >= 0.3 is 5.97 Å². The summed E-state index contributed by atoms with van der Waals surface area (Å²) < 4.78 is 62.2. The van der Waals surface area contributed by atoms with Crippen molar-refractivity contribution in [1.29, 1.82) is 0 Å². The third-order valence-electron chi connectivity index (χ3n) is 17.4. The molecule has 0 spiro atoms. The van der Waals surface area contributed by atoms with Crippen molar-refractivity contribution in [2.75, 3.05) is 21.3 Å². The zero-order valence-electron chi connectivity index (χ0n) is 40.5. The van der Waals surface area contributed by atoms with Crippen LogP contribution in [0.25, 0.3) is 6.08 Å². The number of ketones is 1. The molecule has 67 heavy (non-hydrogen) atoms. The second-order valence-electron chi connectivity index (χ2n) is 20.7. The quantitative estimate of drug-likeness (QED) is 0.120. The van der Waals surface area contributed by atoms with Gasteiger partial charge in [-0.3, -0.25) is 4.79 Å². The van der Waals surface area contributed by atoms with Gasteiger partial charge in [-0.15, -0.1) is 0 Å². The number of hydrogen-bond acceptors (Lipinski definition) is 16. The van der Waals surface area contributed by atoms with Gasteiger partial charge in [0.15, 0.2) is 24.7 Å². The molecule has 16 nitrogen and oxygen atoms in total. The van der Waals surface area contributed by atoms with Crippen LogP contribution in [-0.4, -0.2) is 156 Å². The number of benzene rings is 1. The summed E-state index contributed by atoms with van der Waals surface area (Å²) >= 11 is 0. The van der Waals surface area contributed by atoms with Gasteiger partial charge in [0.2, 0.25) is 0 Å². The molecule has 6 fully saturated rings. The number of rotatable bonds is 13. The average molecular weight is 943 g/mol. The highest BCUT2D eigenvalue weighted by atomic mass is 16.7. The summed E-state index contributed by atoms with van der Waals surface area (Å²) in [4.78, 5) is 26.9. The minimum atomic E-state index is -2.04. The van der Waals surface area contributed by atoms with Gasteiger partial charge in [-0.05, 0) is 96.6 Å². The Balaban J connectivity index is 0.922. The van der Waals surface area contributed by atoms with E-state index in [0.29, 0.717) is 38.5 Å². The second-order valence-corrected chi connectivity index (χ2v) is 20.7. The Morgan fingerprint density at radius 1 is 0.746 bits per heavy atom. The maximum atomic E-state index is 13.6. The Labute approximate surface area is 394 Å². The first kappa shape index (κ1) is 50.7. The van der Waals surface area contributed by atoms with Crippen LogP contribution in [0.2, 0.25) is 0 Å². The van der Waals surface area contributed by atoms with E-state index in [2.05, 4.69) is 6.92 Å². The van der Waals surface area contributed by atoms with E-state index in [0.717, 1.165) is 11.1 Å². The fourth-order valence-corrected chi connectivity index (χ4v) is 13.3. The highest BCUT2D eigenvalue weighted by Crippen LogP contribution is 2.71. The van der Waals surface area contributed by atoms with Crippen molar-refractivity contribution in [2.24, 2.45) is 16.7 Å². The summed E-state index contributed by atoms with van der Waals surface area (Å²) in [5.74, 6) is -1.78. The van der Waals surface area contributed by atoms with E-state index >= 15 is 0 Å². The standard InChI is InChI=1S/C51H74O16/c1-28-44(54)35(58-7)24-42(61-28)66-46-30(3)63-43(26-37(46)60-9)67-45-29(2)62-41(25-36(45)59-8)64-34-18-19-47(5)33(23-34)17-20-50(56)38(47)27-39(65-40(53)16-15-32-13-11-10-12-14-32)48(6)49(55,31(4)52)21-22-51(48,50)57/h10-17,28-30,34-39,41-46,54-57H,18-27H2,1-9H3/b16-15+/t28-,29-,30-,34+,35-,36+,37+,38-,39-,41+,42+,43+,44-,45-,46-,47+,48-,49-,50+,51-/m1/s1. The molecule has 4 aliphatic carbocycles. The first-order valence-electron chi connectivity index (χ1n) is 24.3. The zero-order valence-corrected chi connectivity index (χ0v) is 40.5. The number of hydrogen-bond donors (Lipinski definition) is 4. The van der Waals surface area contributed by atoms with E-state index in [9.17, 15) is 30.0 Å². The van der Waals surface area contributed by atoms with Crippen molar-refractivity contribution >= 4 is 17.8 Å². The number of carbonyl (C=O) groups excluding carboxylic acids is 2. The number of methoxy groups -OCH3 is 3. The molecular weight excluding hydrogens is 869 g/mol. The van der Waals surface area contributed by atoms with Crippen LogP contribution in [0.3, 0.4) is 0 Å². The lowest BCUT2D eigenvalue weighted by molar-refractivity contribution is -0.338. The number of Topliss-reactive ketones (excluding diaryl/α,β-unsaturated/α-hetero) is 1. The molecule has 0 aromatic heterocycles. The molecule has 0 amide bonds. The van der Waals surface area contributed by atoms with Crippen LogP contribution < -0.4 is 0 Å². The van der Waals surface area contributed by atoms with E-state index in [1.807, 2.05) is 50.3 Å². The van der Waals surface area contributed by atoms with Crippen molar-refractivity contribution < 1.29 is 77.4 Å². The molecule has 3 aliphatic heterocycles. The Kier molecular flexibility index (Phi) is 14.8. The zero-order chi connectivity index (χ0) is 48.3. The van der Waals surface area contributed by atoms with Gasteiger partial charge in [0.25, 0.3) is 0 Å². The van der Waals surface area contributed by atoms with E-state index in [-0.39, 0.29) is 44.0 Å². The third kappa shape index (κ3) is 8.82. The number of ether oxygens (including phenoxy) is 10. The SMILES string of the molecule is CO[C@H]1C[C@H](O[C@H]2CC[C@@]3(C)C(=CC[C@]4(O)[C@@H]3C[C@@H](OC(=O)/C=C/c3ccccc3)[C@@]3(C)[C@]4(O)CC[C@@]3(O)C(C)=O)C2)O[C@H](C)[C@H]1O[C@H]1C[C@H](OC)[C@H](O[C@H]2C[C@@H](OC)[C@H](O)[C@@H](C)O2)[C@@H](C)O1. The third-order valence-corrected chi connectivity index (χ3v) is 17.4. The number of fused-ring (bicyclic) bond motifs is 5. The van der Waals surface area contributed by atoms with Gasteiger partial charge in [-0.1, -0.05) is 48.9 Å². The Morgan fingerprint density at radius 2 is 1.31 bits per heavy atom. The van der Waals surface area contributed by atoms with Gasteiger partial charge in [-0.2, -0.15) is 0 Å². The molecule has 0 unspecified atom stereocenters. The fourth-order valence-electron chi connectivity index (χ4n) is 13.3. The molecule has 8 rings (SSSR count). The molecule has 1 aromatic carbocycles. The molecule has 374 valence electrons. The Bertz CT molecular complexity index is 1980. The highest BCUT2D eigenvalue weighted by molar-refractivity contribution is 5.88. The smallest absolute Gasteiger partial charge is 0.331 e. The summed E-state index contributed by atoms with van der Waals surface area (Å²) in [5.41, 5.74) is -6.17. The minimum Gasteiger partial charge on any atom is -0.458 e. The number of carbonyl (C=O) groups is 2. The molecule has 3 saturated heterocycles. The monoisotopic (exact) mass is 942 g/mol. The molecule has 1 aromatic rings. The second kappa shape index (κ2) is 19.5. The summed E-state index contributed by atoms with van der Waals surface area (Å²) in [7, 11) is 4.84. The van der Waals surface area contributed by atoms with Crippen LogP contribution >= 0.6 is 0 Å². The van der Waals surface area contributed by atoms with Crippen LogP contribution in [0.4, 0.5) is 0 Å². The fraction of sp³-hybridized carbons (Fsp3) is 0.765. The topological polar surface area (TPSA) is 207 Å². The summed E-state index contributed by atoms with van der Waals surface area (Å²) in [6.45, 7) is 10.6. The lowest BCUT2D eigenvalue weighted by Gasteiger charge is -2.67. The normalized spacial score (nSPS) is 47.7. The summed E-state index contributed by atoms with van der Waals surface area (Å²) in [6.07, 6.45) is 0.686. The Morgan fingerprint density at radius 3 is 1.90 bits per heavy atom. The molecule has 16 heteroatoms. The van der Waals surface area contributed by atoms with Crippen molar-refractivity contribution in [3.8, 4) is 0 Å². The summed E-state index contributed by atoms with van der Waals surface area (Å²) in [6, 6.07) is 9.31. The number of esters is 1. The van der Waals surface area contributed by atoms with E-state index in [1.165, 1.54) is 13.0 Å². The van der Waals surface area contributed by atoms with E-state index in [4.69, 9.17) is 47.4 Å². The van der Waals surface area contributed by atoms with Crippen molar-refractivity contribution in [1.82, 2.24) is 0 Å². The average Bonchev–Trinajstić information content (AvgIpc) is 3.53. The maximum Gasteiger partial charge on any atom is 0.331 e. The lowest BCUT2D eigenvalue weighted by atomic mass is 9.42. The molecule has 3 saturated carbocycles. The molecule has 0 bridgehead atoms. The predicted octanol–water partition coefficient (Wildman–Crippen LogP) is 4.70. The minimum absolute atomic E-state index is 0.0425. The predicted molar refractivity (Wildman–Crippen MR) is 241 cm³/mol. The van der Waals surface area contributed by atoms with Crippen LogP contribution in [0.5, 0.6) is 0 Å². The number of aliphatic hydroxyl groups is 4. The highest BCUT2D eigenvalue weighted by Gasteiger charge is 2.81. The van der Waals surface area contributed by atoms with Crippen molar-refractivity contribution in [3.05, 3.63) is 53.6 Å². The lowest BCUT2D eigenvalue weighted by Crippen LogP contribution is -2.78. The first-order chi connectivity index (χ1) is 31.7. The van der Waals surface area contributed by atoms with Gasteiger partial charge in [0.1, 0.15) is 41.2 Å². The first-order valence-corrected chi connectivity index (χ1v) is 24.3.